The lowest BCUT2D eigenvalue weighted by Crippen LogP contribution is -2.49. The highest BCUT2D eigenvalue weighted by Crippen LogP contribution is 2.21. The average Bonchev–Trinajstić information content (AvgIpc) is 1.84. The molecule has 0 aromatic carbocycles. The van der Waals surface area contributed by atoms with Crippen LogP contribution >= 0.6 is 0 Å². The second-order valence-electron chi connectivity index (χ2n) is 3.50. The molecule has 0 unspecified atom stereocenters. The molecule has 4 nitrogen and oxygen atoms in total. The van der Waals surface area contributed by atoms with Crippen molar-refractivity contribution in [2.75, 3.05) is 0 Å². The molecule has 0 heterocycles. The Bertz CT molecular complexity index is 164. The highest BCUT2D eigenvalue weighted by Gasteiger charge is 2.41. The van der Waals surface area contributed by atoms with E-state index in [2.05, 4.69) is 0 Å². The molecule has 0 radical (unpaired) electrons. The monoisotopic (exact) mass is 176 g/mol. The van der Waals surface area contributed by atoms with E-state index in [0.29, 0.717) is 0 Å². The largest absolute Gasteiger partial charge is 0.479 e. The summed E-state index contributed by atoms with van der Waals surface area (Å²) in [6.07, 6.45) is -1.20. The lowest BCUT2D eigenvalue weighted by molar-refractivity contribution is -0.172. The number of aliphatic carboxylic acids is 1. The Balaban J connectivity index is 4.51. The van der Waals surface area contributed by atoms with E-state index in [-0.39, 0.29) is 12.3 Å². The first-order chi connectivity index (χ1) is 5.30. The summed E-state index contributed by atoms with van der Waals surface area (Å²) in [5.41, 5.74) is -2.01. The van der Waals surface area contributed by atoms with E-state index < -0.39 is 17.7 Å². The van der Waals surface area contributed by atoms with Crippen LogP contribution in [0.1, 0.15) is 27.2 Å². The van der Waals surface area contributed by atoms with Crippen LogP contribution in [0.2, 0.25) is 0 Å². The van der Waals surface area contributed by atoms with Crippen LogP contribution in [0, 0.1) is 5.92 Å². The van der Waals surface area contributed by atoms with Gasteiger partial charge in [-0.25, -0.2) is 4.79 Å². The van der Waals surface area contributed by atoms with Crippen molar-refractivity contribution in [1.29, 1.82) is 0 Å². The number of hydrogen-bond donors (Lipinski definition) is 3. The molecule has 12 heavy (non-hydrogen) atoms. The highest BCUT2D eigenvalue weighted by atomic mass is 16.4. The van der Waals surface area contributed by atoms with Crippen LogP contribution in [-0.4, -0.2) is 33.0 Å². The third kappa shape index (κ3) is 2.46. The number of carbonyl (C=O) groups is 1. The maximum atomic E-state index is 10.6. The molecule has 4 heteroatoms. The Hall–Kier alpha value is -0.610. The van der Waals surface area contributed by atoms with Crippen LogP contribution in [-0.2, 0) is 4.79 Å². The van der Waals surface area contributed by atoms with Gasteiger partial charge in [-0.1, -0.05) is 13.8 Å². The van der Waals surface area contributed by atoms with E-state index in [4.69, 9.17) is 10.2 Å². The van der Waals surface area contributed by atoms with Crippen molar-refractivity contribution < 1.29 is 20.1 Å². The molecule has 3 N–H and O–H groups in total. The molecule has 0 spiro atoms. The molecule has 0 aliphatic rings. The molecule has 0 amide bonds. The first-order valence-corrected chi connectivity index (χ1v) is 3.94. The Kier molecular flexibility index (Phi) is 3.67. The summed E-state index contributed by atoms with van der Waals surface area (Å²) in [6.45, 7) is 4.85. The van der Waals surface area contributed by atoms with Gasteiger partial charge in [0.25, 0.3) is 0 Å². The van der Waals surface area contributed by atoms with E-state index in [1.165, 1.54) is 6.92 Å². The Morgan fingerprint density at radius 3 is 1.92 bits per heavy atom. The van der Waals surface area contributed by atoms with Gasteiger partial charge in [-0.15, -0.1) is 0 Å². The van der Waals surface area contributed by atoms with E-state index >= 15 is 0 Å². The van der Waals surface area contributed by atoms with Crippen LogP contribution in [0.25, 0.3) is 0 Å². The third-order valence-corrected chi connectivity index (χ3v) is 1.78. The first-order valence-electron chi connectivity index (χ1n) is 3.94. The van der Waals surface area contributed by atoms with Gasteiger partial charge < -0.3 is 15.3 Å². The molecule has 0 rings (SSSR count). The lowest BCUT2D eigenvalue weighted by atomic mass is 9.88. The molecule has 0 aromatic heterocycles. The zero-order valence-corrected chi connectivity index (χ0v) is 7.61. The van der Waals surface area contributed by atoms with E-state index in [1.807, 2.05) is 0 Å². The van der Waals surface area contributed by atoms with Crippen LogP contribution in [0.3, 0.4) is 0 Å². The average molecular weight is 176 g/mol. The maximum Gasteiger partial charge on any atom is 0.338 e. The van der Waals surface area contributed by atoms with Gasteiger partial charge in [0.15, 0.2) is 5.60 Å². The van der Waals surface area contributed by atoms with Crippen LogP contribution in [0.15, 0.2) is 0 Å². The first kappa shape index (κ1) is 11.4. The van der Waals surface area contributed by atoms with Crippen molar-refractivity contribution in [1.82, 2.24) is 0 Å². The second-order valence-corrected chi connectivity index (χ2v) is 3.50. The fourth-order valence-electron chi connectivity index (χ4n) is 1.06. The Morgan fingerprint density at radius 1 is 1.42 bits per heavy atom. The zero-order chi connectivity index (χ0) is 9.94. The fraction of sp³-hybridized carbons (Fsp3) is 0.875. The van der Waals surface area contributed by atoms with Gasteiger partial charge in [-0.05, 0) is 19.3 Å². The molecular formula is C8H16O4. The molecule has 0 fully saturated rings. The van der Waals surface area contributed by atoms with Crippen LogP contribution in [0.4, 0.5) is 0 Å². The Labute approximate surface area is 71.8 Å². The number of hydrogen-bond acceptors (Lipinski definition) is 3. The minimum Gasteiger partial charge on any atom is -0.479 e. The van der Waals surface area contributed by atoms with E-state index in [0.717, 1.165) is 0 Å². The fourth-order valence-corrected chi connectivity index (χ4v) is 1.06. The summed E-state index contributed by atoms with van der Waals surface area (Å²) in [5.74, 6) is -1.34. The summed E-state index contributed by atoms with van der Waals surface area (Å²) in [6, 6.07) is 0. The number of carboxylic acids is 1. The Morgan fingerprint density at radius 2 is 1.83 bits per heavy atom. The van der Waals surface area contributed by atoms with Gasteiger partial charge in [-0.2, -0.15) is 0 Å². The van der Waals surface area contributed by atoms with Crippen LogP contribution < -0.4 is 0 Å². The van der Waals surface area contributed by atoms with Crippen molar-refractivity contribution in [3.63, 3.8) is 0 Å². The predicted octanol–water partition coefficient (Wildman–Crippen LogP) is 0.229. The van der Waals surface area contributed by atoms with Gasteiger partial charge in [0.1, 0.15) is 0 Å². The number of rotatable bonds is 4. The summed E-state index contributed by atoms with van der Waals surface area (Å²) >= 11 is 0. The molecular weight excluding hydrogens is 160 g/mol. The zero-order valence-electron chi connectivity index (χ0n) is 7.61. The van der Waals surface area contributed by atoms with Crippen molar-refractivity contribution in [3.05, 3.63) is 0 Å². The molecule has 0 saturated carbocycles. The van der Waals surface area contributed by atoms with Crippen molar-refractivity contribution in [2.45, 2.75) is 38.9 Å². The quantitative estimate of drug-likeness (QED) is 0.573. The smallest absolute Gasteiger partial charge is 0.338 e. The topological polar surface area (TPSA) is 77.8 Å². The molecule has 0 aromatic rings. The molecule has 2 atom stereocenters. The normalized spacial score (nSPS) is 18.8. The number of aliphatic hydroxyl groups is 2. The molecule has 0 bridgehead atoms. The second kappa shape index (κ2) is 3.87. The van der Waals surface area contributed by atoms with Gasteiger partial charge in [-0.3, -0.25) is 0 Å². The SMILES string of the molecule is CC(C)C[C@](O)(C(=O)O)[C@H](C)O. The van der Waals surface area contributed by atoms with Crippen molar-refractivity contribution >= 4 is 5.97 Å². The molecule has 0 saturated heterocycles. The summed E-state index contributed by atoms with van der Waals surface area (Å²) < 4.78 is 0. The summed E-state index contributed by atoms with van der Waals surface area (Å²) in [7, 11) is 0. The minimum absolute atomic E-state index is 0.0284. The predicted molar refractivity (Wildman–Crippen MR) is 43.7 cm³/mol. The number of carboxylic acid groups (broad SMARTS) is 1. The molecule has 0 aliphatic carbocycles. The van der Waals surface area contributed by atoms with E-state index in [1.54, 1.807) is 13.8 Å². The minimum atomic E-state index is -2.01. The van der Waals surface area contributed by atoms with Gasteiger partial charge in [0.2, 0.25) is 0 Å². The van der Waals surface area contributed by atoms with Gasteiger partial charge in [0.05, 0.1) is 6.10 Å². The third-order valence-electron chi connectivity index (χ3n) is 1.78. The van der Waals surface area contributed by atoms with Gasteiger partial charge >= 0.3 is 5.97 Å². The maximum absolute atomic E-state index is 10.6. The number of aliphatic hydroxyl groups excluding tert-OH is 1. The summed E-state index contributed by atoms with van der Waals surface area (Å²) in [5, 5.41) is 27.2. The van der Waals surface area contributed by atoms with Crippen molar-refractivity contribution in [3.8, 4) is 0 Å². The summed E-state index contributed by atoms with van der Waals surface area (Å²) in [4.78, 5) is 10.6. The molecule has 0 aliphatic heterocycles. The molecule has 72 valence electrons. The highest BCUT2D eigenvalue weighted by molar-refractivity contribution is 5.77. The standard InChI is InChI=1S/C8H16O4/c1-5(2)4-8(12,6(3)9)7(10)11/h5-6,9,12H,4H2,1-3H3,(H,10,11)/t6-,8+/m0/s1. The van der Waals surface area contributed by atoms with Crippen molar-refractivity contribution in [2.24, 2.45) is 5.92 Å². The van der Waals surface area contributed by atoms with Crippen LogP contribution in [0.5, 0.6) is 0 Å². The lowest BCUT2D eigenvalue weighted by Gasteiger charge is -2.27. The van der Waals surface area contributed by atoms with E-state index in [9.17, 15) is 9.90 Å². The van der Waals surface area contributed by atoms with Gasteiger partial charge in [0, 0.05) is 0 Å².